The second-order valence-corrected chi connectivity index (χ2v) is 5.99. The summed E-state index contributed by atoms with van der Waals surface area (Å²) in [5, 5.41) is 8.75. The first-order chi connectivity index (χ1) is 9.81. The molecule has 0 aliphatic carbocycles. The summed E-state index contributed by atoms with van der Waals surface area (Å²) in [6.07, 6.45) is 0. The van der Waals surface area contributed by atoms with Crippen molar-refractivity contribution in [2.75, 3.05) is 19.6 Å². The number of nitrogens with zero attached hydrogens (tertiary/aromatic N) is 1. The van der Waals surface area contributed by atoms with Crippen molar-refractivity contribution in [3.8, 4) is 0 Å². The quantitative estimate of drug-likeness (QED) is 0.764. The minimum Gasteiger partial charge on any atom is -0.478 e. The Bertz CT molecular complexity index is 606. The van der Waals surface area contributed by atoms with Crippen LogP contribution in [0.5, 0.6) is 0 Å². The van der Waals surface area contributed by atoms with Gasteiger partial charge in [0.25, 0.3) is 0 Å². The molecule has 0 fully saturated rings. The number of carboxylic acid groups (broad SMARTS) is 1. The molecule has 0 heterocycles. The summed E-state index contributed by atoms with van der Waals surface area (Å²) in [7, 11) is -3.84. The minimum absolute atomic E-state index is 0.00633. The van der Waals surface area contributed by atoms with E-state index in [1.165, 1.54) is 29.2 Å². The summed E-state index contributed by atoms with van der Waals surface area (Å²) in [6.45, 7) is 4.29. The van der Waals surface area contributed by atoms with Gasteiger partial charge in [0.2, 0.25) is 15.9 Å². The minimum atomic E-state index is -3.84. The van der Waals surface area contributed by atoms with Gasteiger partial charge in [-0.05, 0) is 38.1 Å². The number of carbonyl (C=O) groups excluding carboxylic acids is 1. The van der Waals surface area contributed by atoms with E-state index in [2.05, 4.69) is 4.72 Å². The van der Waals surface area contributed by atoms with Crippen molar-refractivity contribution in [1.82, 2.24) is 9.62 Å². The summed E-state index contributed by atoms with van der Waals surface area (Å²) in [6, 6.07) is 4.77. The van der Waals surface area contributed by atoms with Crippen LogP contribution in [0.3, 0.4) is 0 Å². The van der Waals surface area contributed by atoms with Crippen molar-refractivity contribution in [2.45, 2.75) is 18.7 Å². The predicted octanol–water partition coefficient (Wildman–Crippen LogP) is 0.532. The van der Waals surface area contributed by atoms with Gasteiger partial charge in [-0.2, -0.15) is 0 Å². The molecular formula is C13H18N2O5S. The van der Waals surface area contributed by atoms with Gasteiger partial charge >= 0.3 is 5.97 Å². The van der Waals surface area contributed by atoms with Gasteiger partial charge < -0.3 is 10.0 Å². The average molecular weight is 314 g/mol. The number of nitrogens with one attached hydrogen (secondary N) is 1. The lowest BCUT2D eigenvalue weighted by atomic mass is 10.2. The van der Waals surface area contributed by atoms with Crippen LogP contribution in [0.4, 0.5) is 0 Å². The molecular weight excluding hydrogens is 296 g/mol. The molecule has 116 valence electrons. The molecule has 0 aliphatic heterocycles. The first kappa shape index (κ1) is 17.1. The SMILES string of the molecule is CCN(CC)C(=O)CNS(=O)(=O)c1ccc(C(=O)O)cc1. The Kier molecular flexibility index (Phi) is 5.86. The van der Waals surface area contributed by atoms with Crippen molar-refractivity contribution in [3.63, 3.8) is 0 Å². The zero-order chi connectivity index (χ0) is 16.0. The van der Waals surface area contributed by atoms with Gasteiger partial charge in [-0.3, -0.25) is 4.79 Å². The second-order valence-electron chi connectivity index (χ2n) is 4.22. The van der Waals surface area contributed by atoms with Gasteiger partial charge in [0.15, 0.2) is 0 Å². The van der Waals surface area contributed by atoms with Crippen molar-refractivity contribution >= 4 is 21.9 Å². The van der Waals surface area contributed by atoms with Crippen LogP contribution in [0.1, 0.15) is 24.2 Å². The molecule has 0 radical (unpaired) electrons. The number of aromatic carboxylic acids is 1. The van der Waals surface area contributed by atoms with E-state index in [-0.39, 0.29) is 22.9 Å². The van der Waals surface area contributed by atoms with Crippen LogP contribution >= 0.6 is 0 Å². The Balaban J connectivity index is 2.78. The Morgan fingerprint density at radius 1 is 1.14 bits per heavy atom. The number of carbonyl (C=O) groups is 2. The lowest BCUT2D eigenvalue weighted by Crippen LogP contribution is -2.39. The monoisotopic (exact) mass is 314 g/mol. The van der Waals surface area contributed by atoms with Gasteiger partial charge in [-0.1, -0.05) is 0 Å². The fourth-order valence-electron chi connectivity index (χ4n) is 1.70. The summed E-state index contributed by atoms with van der Waals surface area (Å²) >= 11 is 0. The highest BCUT2D eigenvalue weighted by Gasteiger charge is 2.18. The van der Waals surface area contributed by atoms with Crippen LogP contribution in [0.2, 0.25) is 0 Å². The smallest absolute Gasteiger partial charge is 0.335 e. The third kappa shape index (κ3) is 4.54. The first-order valence-corrected chi connectivity index (χ1v) is 7.91. The van der Waals surface area contributed by atoms with Gasteiger partial charge in [-0.15, -0.1) is 0 Å². The maximum absolute atomic E-state index is 12.0. The highest BCUT2D eigenvalue weighted by molar-refractivity contribution is 7.89. The Hall–Kier alpha value is -1.93. The van der Waals surface area contributed by atoms with Gasteiger partial charge in [0, 0.05) is 13.1 Å². The zero-order valence-corrected chi connectivity index (χ0v) is 12.7. The maximum Gasteiger partial charge on any atom is 0.335 e. The number of hydrogen-bond acceptors (Lipinski definition) is 4. The molecule has 0 unspecified atom stereocenters. The third-order valence-corrected chi connectivity index (χ3v) is 4.36. The van der Waals surface area contributed by atoms with Crippen molar-refractivity contribution < 1.29 is 23.1 Å². The normalized spacial score (nSPS) is 11.1. The summed E-state index contributed by atoms with van der Waals surface area (Å²) in [5.74, 6) is -1.45. The van der Waals surface area contributed by atoms with Gasteiger partial charge in [0.05, 0.1) is 17.0 Å². The fraction of sp³-hybridized carbons (Fsp3) is 0.385. The topological polar surface area (TPSA) is 104 Å². The Morgan fingerprint density at radius 3 is 2.10 bits per heavy atom. The van der Waals surface area contributed by atoms with E-state index in [0.29, 0.717) is 13.1 Å². The molecule has 0 atom stereocenters. The zero-order valence-electron chi connectivity index (χ0n) is 11.9. The number of rotatable bonds is 7. The van der Waals surface area contributed by atoms with E-state index in [1.54, 1.807) is 13.8 Å². The summed E-state index contributed by atoms with van der Waals surface area (Å²) in [5.41, 5.74) is -0.00633. The summed E-state index contributed by atoms with van der Waals surface area (Å²) in [4.78, 5) is 23.9. The number of amides is 1. The van der Waals surface area contributed by atoms with E-state index in [9.17, 15) is 18.0 Å². The maximum atomic E-state index is 12.0. The van der Waals surface area contributed by atoms with Gasteiger partial charge in [-0.25, -0.2) is 17.9 Å². The molecule has 1 aromatic carbocycles. The van der Waals surface area contributed by atoms with Crippen molar-refractivity contribution in [3.05, 3.63) is 29.8 Å². The molecule has 0 saturated carbocycles. The number of hydrogen-bond donors (Lipinski definition) is 2. The number of carboxylic acids is 1. The van der Waals surface area contributed by atoms with E-state index in [1.807, 2.05) is 0 Å². The fourth-order valence-corrected chi connectivity index (χ4v) is 2.68. The molecule has 0 aromatic heterocycles. The second kappa shape index (κ2) is 7.19. The molecule has 7 nitrogen and oxygen atoms in total. The molecule has 21 heavy (non-hydrogen) atoms. The molecule has 2 N–H and O–H groups in total. The van der Waals surface area contributed by atoms with E-state index < -0.39 is 16.0 Å². The highest BCUT2D eigenvalue weighted by Crippen LogP contribution is 2.10. The number of benzene rings is 1. The standard InChI is InChI=1S/C13H18N2O5S/c1-3-15(4-2)12(16)9-14-21(19,20)11-7-5-10(6-8-11)13(17)18/h5-8,14H,3-4,9H2,1-2H3,(H,17,18). The lowest BCUT2D eigenvalue weighted by molar-refractivity contribution is -0.129. The van der Waals surface area contributed by atoms with Crippen molar-refractivity contribution in [1.29, 1.82) is 0 Å². The predicted molar refractivity (Wildman–Crippen MR) is 76.5 cm³/mol. The first-order valence-electron chi connectivity index (χ1n) is 6.42. The van der Waals surface area contributed by atoms with Crippen LogP contribution in [-0.4, -0.2) is 49.9 Å². The molecule has 8 heteroatoms. The average Bonchev–Trinajstić information content (AvgIpc) is 2.46. The molecule has 1 aromatic rings. The van der Waals surface area contributed by atoms with Gasteiger partial charge in [0.1, 0.15) is 0 Å². The Morgan fingerprint density at radius 2 is 1.67 bits per heavy atom. The molecule has 0 saturated heterocycles. The molecule has 0 spiro atoms. The molecule has 0 aliphatic rings. The molecule has 1 rings (SSSR count). The number of sulfonamides is 1. The summed E-state index contributed by atoms with van der Waals surface area (Å²) < 4.78 is 26.2. The van der Waals surface area contributed by atoms with Crippen LogP contribution < -0.4 is 4.72 Å². The van der Waals surface area contributed by atoms with E-state index in [4.69, 9.17) is 5.11 Å². The van der Waals surface area contributed by atoms with Crippen LogP contribution in [0, 0.1) is 0 Å². The van der Waals surface area contributed by atoms with E-state index >= 15 is 0 Å². The van der Waals surface area contributed by atoms with Crippen molar-refractivity contribution in [2.24, 2.45) is 0 Å². The lowest BCUT2D eigenvalue weighted by Gasteiger charge is -2.18. The van der Waals surface area contributed by atoms with E-state index in [0.717, 1.165) is 0 Å². The van der Waals surface area contributed by atoms with Crippen LogP contribution in [-0.2, 0) is 14.8 Å². The van der Waals surface area contributed by atoms with Crippen LogP contribution in [0.25, 0.3) is 0 Å². The Labute approximate surface area is 123 Å². The van der Waals surface area contributed by atoms with Crippen LogP contribution in [0.15, 0.2) is 29.2 Å². The third-order valence-electron chi connectivity index (χ3n) is 2.94. The highest BCUT2D eigenvalue weighted by atomic mass is 32.2. The molecule has 0 bridgehead atoms. The largest absolute Gasteiger partial charge is 0.478 e. The molecule has 1 amide bonds. The number of likely N-dealkylation sites (N-methyl/N-ethyl adjacent to an activating group) is 1.